The van der Waals surface area contributed by atoms with Crippen LogP contribution >= 0.6 is 11.3 Å². The van der Waals surface area contributed by atoms with E-state index in [0.29, 0.717) is 42.0 Å². The Morgan fingerprint density at radius 2 is 2.09 bits per heavy atom. The summed E-state index contributed by atoms with van der Waals surface area (Å²) in [5, 5.41) is 3.94. The lowest BCUT2D eigenvalue weighted by Gasteiger charge is -2.26. The molecule has 0 unspecified atom stereocenters. The Kier molecular flexibility index (Phi) is 6.59. The van der Waals surface area contributed by atoms with Gasteiger partial charge in [0, 0.05) is 41.8 Å². The second-order valence-electron chi connectivity index (χ2n) is 7.57. The molecular weight excluding hydrogens is 429 g/mol. The first-order chi connectivity index (χ1) is 15.4. The summed E-state index contributed by atoms with van der Waals surface area (Å²) >= 11 is 1.51. The van der Waals surface area contributed by atoms with Crippen molar-refractivity contribution in [3.8, 4) is 11.3 Å². The fourth-order valence-corrected chi connectivity index (χ4v) is 4.14. The Labute approximate surface area is 189 Å². The second-order valence-corrected chi connectivity index (χ2v) is 8.81. The molecule has 1 aliphatic rings. The summed E-state index contributed by atoms with van der Waals surface area (Å²) in [4.78, 5) is 23.9. The summed E-state index contributed by atoms with van der Waals surface area (Å²) < 4.78 is 20.3. The molecule has 1 fully saturated rings. The largest absolute Gasteiger partial charge is 0.379 e. The summed E-state index contributed by atoms with van der Waals surface area (Å²) in [7, 11) is 0. The van der Waals surface area contributed by atoms with Gasteiger partial charge in [-0.1, -0.05) is 12.6 Å². The molecular formula is C23H24FN5O2S. The molecule has 32 heavy (non-hydrogen) atoms. The van der Waals surface area contributed by atoms with Crippen LogP contribution in [0, 0.1) is 12.7 Å². The quantitative estimate of drug-likeness (QED) is 0.530. The first-order valence-corrected chi connectivity index (χ1v) is 11.0. The van der Waals surface area contributed by atoms with Gasteiger partial charge in [-0.2, -0.15) is 0 Å². The summed E-state index contributed by atoms with van der Waals surface area (Å²) in [6, 6.07) is 8.15. The zero-order valence-corrected chi connectivity index (χ0v) is 18.5. The molecule has 4 rings (SSSR count). The molecule has 7 nitrogen and oxygen atoms in total. The predicted octanol–water partition coefficient (Wildman–Crippen LogP) is 3.73. The smallest absolute Gasteiger partial charge is 0.248 e. The molecule has 1 saturated heterocycles. The standard InChI is InChI=1S/C23H24FN5O2S/c1-14-12-26-23(32-14)28-21-10-16(13-29-5-7-31-8-6-29)9-20(27-21)18-11-17(3-4-19(18)24)15(2)22(25)30/h3-4,9-12H,2,5-8,13H2,1H3,(H2,25,30)(H,26,27,28). The number of primary amides is 1. The van der Waals surface area contributed by atoms with Gasteiger partial charge in [-0.05, 0) is 42.3 Å². The Morgan fingerprint density at radius 1 is 1.31 bits per heavy atom. The minimum absolute atomic E-state index is 0.118. The summed E-state index contributed by atoms with van der Waals surface area (Å²) in [5.41, 5.74) is 7.63. The number of rotatable bonds is 7. The fourth-order valence-electron chi connectivity index (χ4n) is 3.47. The molecule has 3 aromatic rings. The highest BCUT2D eigenvalue weighted by Crippen LogP contribution is 2.29. The van der Waals surface area contributed by atoms with Crippen molar-refractivity contribution in [2.75, 3.05) is 31.6 Å². The highest BCUT2D eigenvalue weighted by molar-refractivity contribution is 7.15. The highest BCUT2D eigenvalue weighted by Gasteiger charge is 2.16. The molecule has 1 amide bonds. The Hall–Kier alpha value is -3.14. The van der Waals surface area contributed by atoms with E-state index in [9.17, 15) is 9.18 Å². The van der Waals surface area contributed by atoms with E-state index >= 15 is 0 Å². The number of nitrogens with two attached hydrogens (primary N) is 1. The van der Waals surface area contributed by atoms with Crippen LogP contribution < -0.4 is 11.1 Å². The number of aromatic nitrogens is 2. The van der Waals surface area contributed by atoms with Gasteiger partial charge in [0.2, 0.25) is 5.91 Å². The molecule has 3 N–H and O–H groups in total. The maximum absolute atomic E-state index is 14.8. The average Bonchev–Trinajstić information content (AvgIpc) is 3.18. The topological polar surface area (TPSA) is 93.4 Å². The molecule has 3 heterocycles. The van der Waals surface area contributed by atoms with Gasteiger partial charge in [0.15, 0.2) is 5.13 Å². The number of morpholine rings is 1. The van der Waals surface area contributed by atoms with Gasteiger partial charge in [-0.3, -0.25) is 9.69 Å². The number of aryl methyl sites for hydroxylation is 1. The van der Waals surface area contributed by atoms with Crippen LogP contribution in [0.15, 0.2) is 43.1 Å². The zero-order chi connectivity index (χ0) is 22.7. The molecule has 0 aliphatic carbocycles. The van der Waals surface area contributed by atoms with Crippen molar-refractivity contribution < 1.29 is 13.9 Å². The van der Waals surface area contributed by atoms with E-state index in [-0.39, 0.29) is 11.1 Å². The molecule has 0 bridgehead atoms. The maximum atomic E-state index is 14.8. The van der Waals surface area contributed by atoms with Crippen LogP contribution in [-0.2, 0) is 16.1 Å². The molecule has 0 spiro atoms. The van der Waals surface area contributed by atoms with Gasteiger partial charge >= 0.3 is 0 Å². The molecule has 166 valence electrons. The van der Waals surface area contributed by atoms with Crippen LogP contribution in [0.25, 0.3) is 16.8 Å². The summed E-state index contributed by atoms with van der Waals surface area (Å²) in [5.74, 6) is -0.533. The van der Waals surface area contributed by atoms with Crippen molar-refractivity contribution in [2.45, 2.75) is 13.5 Å². The van der Waals surface area contributed by atoms with E-state index in [1.807, 2.05) is 19.1 Å². The van der Waals surface area contributed by atoms with Gasteiger partial charge in [0.05, 0.1) is 18.9 Å². The number of halogens is 1. The van der Waals surface area contributed by atoms with E-state index in [4.69, 9.17) is 10.5 Å². The normalized spacial score (nSPS) is 14.3. The first kappa shape index (κ1) is 22.1. The third-order valence-electron chi connectivity index (χ3n) is 5.14. The Bertz CT molecular complexity index is 1160. The predicted molar refractivity (Wildman–Crippen MR) is 124 cm³/mol. The maximum Gasteiger partial charge on any atom is 0.248 e. The number of hydrogen-bond donors (Lipinski definition) is 2. The fraction of sp³-hybridized carbons (Fsp3) is 0.261. The van der Waals surface area contributed by atoms with Gasteiger partial charge in [-0.15, -0.1) is 11.3 Å². The number of nitrogens with zero attached hydrogens (tertiary/aromatic N) is 3. The monoisotopic (exact) mass is 453 g/mol. The number of amides is 1. The van der Waals surface area contributed by atoms with Crippen molar-refractivity contribution in [3.05, 3.63) is 64.9 Å². The van der Waals surface area contributed by atoms with Crippen molar-refractivity contribution in [3.63, 3.8) is 0 Å². The summed E-state index contributed by atoms with van der Waals surface area (Å²) in [6.07, 6.45) is 1.78. The van der Waals surface area contributed by atoms with Crippen LogP contribution in [-0.4, -0.2) is 47.1 Å². The van der Waals surface area contributed by atoms with Crippen molar-refractivity contribution in [1.82, 2.24) is 14.9 Å². The van der Waals surface area contributed by atoms with E-state index in [1.165, 1.54) is 23.5 Å². The average molecular weight is 454 g/mol. The number of thiazole rings is 1. The number of benzene rings is 1. The molecule has 9 heteroatoms. The molecule has 1 aliphatic heterocycles. The second kappa shape index (κ2) is 9.56. The number of ether oxygens (including phenoxy) is 1. The zero-order valence-electron chi connectivity index (χ0n) is 17.7. The number of hydrogen-bond acceptors (Lipinski definition) is 7. The molecule has 0 atom stereocenters. The Balaban J connectivity index is 1.73. The first-order valence-electron chi connectivity index (χ1n) is 10.2. The molecule has 1 aromatic carbocycles. The number of carbonyl (C=O) groups excluding carboxylic acids is 1. The van der Waals surface area contributed by atoms with Crippen LogP contribution in [0.1, 0.15) is 16.0 Å². The van der Waals surface area contributed by atoms with E-state index in [0.717, 1.165) is 23.5 Å². The van der Waals surface area contributed by atoms with Crippen LogP contribution in [0.2, 0.25) is 0 Å². The van der Waals surface area contributed by atoms with Crippen molar-refractivity contribution in [2.24, 2.45) is 5.73 Å². The van der Waals surface area contributed by atoms with Crippen LogP contribution in [0.5, 0.6) is 0 Å². The van der Waals surface area contributed by atoms with Crippen LogP contribution in [0.4, 0.5) is 15.3 Å². The van der Waals surface area contributed by atoms with Gasteiger partial charge < -0.3 is 15.8 Å². The van der Waals surface area contributed by atoms with Crippen molar-refractivity contribution in [1.29, 1.82) is 0 Å². The van der Waals surface area contributed by atoms with Gasteiger partial charge in [-0.25, -0.2) is 14.4 Å². The third kappa shape index (κ3) is 5.18. The summed E-state index contributed by atoms with van der Waals surface area (Å²) in [6.45, 7) is 9.39. The molecule has 0 saturated carbocycles. The molecule has 2 aromatic heterocycles. The lowest BCUT2D eigenvalue weighted by molar-refractivity contribution is -0.112. The van der Waals surface area contributed by atoms with Crippen LogP contribution in [0.3, 0.4) is 0 Å². The molecule has 0 radical (unpaired) electrons. The van der Waals surface area contributed by atoms with E-state index < -0.39 is 11.7 Å². The minimum atomic E-state index is -0.655. The number of carbonyl (C=O) groups is 1. The lowest BCUT2D eigenvalue weighted by Crippen LogP contribution is -2.35. The number of anilines is 2. The third-order valence-corrected chi connectivity index (χ3v) is 5.97. The lowest BCUT2D eigenvalue weighted by atomic mass is 10.0. The number of nitrogens with one attached hydrogen (secondary N) is 1. The Morgan fingerprint density at radius 3 is 2.78 bits per heavy atom. The van der Waals surface area contributed by atoms with Crippen molar-refractivity contribution >= 4 is 33.8 Å². The number of pyridine rings is 1. The van der Waals surface area contributed by atoms with Gasteiger partial charge in [0.25, 0.3) is 0 Å². The SMILES string of the molecule is C=C(C(N)=O)c1ccc(F)c(-c2cc(CN3CCOCC3)cc(Nc3ncc(C)s3)n2)c1. The van der Waals surface area contributed by atoms with E-state index in [2.05, 4.69) is 26.8 Å². The van der Waals surface area contributed by atoms with Gasteiger partial charge in [0.1, 0.15) is 11.6 Å². The highest BCUT2D eigenvalue weighted by atomic mass is 32.1. The van der Waals surface area contributed by atoms with E-state index in [1.54, 1.807) is 12.3 Å². The minimum Gasteiger partial charge on any atom is -0.379 e.